The van der Waals surface area contributed by atoms with E-state index in [2.05, 4.69) is 9.88 Å². The van der Waals surface area contributed by atoms with E-state index in [9.17, 15) is 9.18 Å². The van der Waals surface area contributed by atoms with Crippen molar-refractivity contribution in [3.8, 4) is 0 Å². The minimum atomic E-state index is -0.351. The van der Waals surface area contributed by atoms with Gasteiger partial charge >= 0.3 is 0 Å². The minimum absolute atomic E-state index is 0.0422. The quantitative estimate of drug-likeness (QED) is 0.854. The number of nitrogens with zero attached hydrogens (tertiary/aromatic N) is 3. The zero-order chi connectivity index (χ0) is 17.4. The standard InChI is InChI=1S/C20H26FN3O/c1-14-22-19-11-17(21)5-6-18(19)20(25)24(14)13-16-7-9-23(10-8-16)12-15-3-2-4-15/h5-6,11,15-16H,2-4,7-10,12-13H2,1H3. The maximum absolute atomic E-state index is 13.4. The summed E-state index contributed by atoms with van der Waals surface area (Å²) in [5, 5.41) is 0.509. The molecule has 2 heterocycles. The molecule has 1 saturated heterocycles. The van der Waals surface area contributed by atoms with E-state index in [4.69, 9.17) is 0 Å². The molecule has 0 bridgehead atoms. The molecule has 134 valence electrons. The fourth-order valence-corrected chi connectivity index (χ4v) is 4.17. The van der Waals surface area contributed by atoms with Gasteiger partial charge in [0, 0.05) is 19.2 Å². The van der Waals surface area contributed by atoms with E-state index in [-0.39, 0.29) is 11.4 Å². The third kappa shape index (κ3) is 3.47. The van der Waals surface area contributed by atoms with Crippen LogP contribution in [0.25, 0.3) is 10.9 Å². The third-order valence-corrected chi connectivity index (χ3v) is 6.00. The normalized spacial score (nSPS) is 20.1. The average Bonchev–Trinajstić information content (AvgIpc) is 2.56. The lowest BCUT2D eigenvalue weighted by atomic mass is 9.84. The van der Waals surface area contributed by atoms with Crippen molar-refractivity contribution in [1.29, 1.82) is 0 Å². The van der Waals surface area contributed by atoms with Gasteiger partial charge in [-0.15, -0.1) is 0 Å². The molecular weight excluding hydrogens is 317 g/mol. The van der Waals surface area contributed by atoms with Crippen molar-refractivity contribution in [2.75, 3.05) is 19.6 Å². The molecule has 0 radical (unpaired) electrons. The fraction of sp³-hybridized carbons (Fsp3) is 0.600. The van der Waals surface area contributed by atoms with Gasteiger partial charge in [-0.05, 0) is 69.7 Å². The molecule has 4 nitrogen and oxygen atoms in total. The van der Waals surface area contributed by atoms with Crippen molar-refractivity contribution in [3.05, 3.63) is 40.2 Å². The molecule has 4 rings (SSSR count). The number of aryl methyl sites for hydroxylation is 1. The zero-order valence-electron chi connectivity index (χ0n) is 14.9. The molecular formula is C20H26FN3O. The number of piperidine rings is 1. The van der Waals surface area contributed by atoms with Crippen LogP contribution in [0.5, 0.6) is 0 Å². The van der Waals surface area contributed by atoms with Gasteiger partial charge in [-0.25, -0.2) is 9.37 Å². The second-order valence-corrected chi connectivity index (χ2v) is 7.78. The Morgan fingerprint density at radius 1 is 1.12 bits per heavy atom. The summed E-state index contributed by atoms with van der Waals surface area (Å²) in [6.07, 6.45) is 6.48. The van der Waals surface area contributed by atoms with Gasteiger partial charge in [0.15, 0.2) is 0 Å². The van der Waals surface area contributed by atoms with E-state index in [0.717, 1.165) is 38.4 Å². The Bertz CT molecular complexity index is 820. The molecule has 0 spiro atoms. The zero-order valence-corrected chi connectivity index (χ0v) is 14.9. The summed E-state index contributed by atoms with van der Waals surface area (Å²) in [4.78, 5) is 19.8. The van der Waals surface area contributed by atoms with Crippen molar-refractivity contribution in [2.45, 2.75) is 45.6 Å². The molecule has 1 aromatic carbocycles. The van der Waals surface area contributed by atoms with Crippen LogP contribution in [0.4, 0.5) is 4.39 Å². The smallest absolute Gasteiger partial charge is 0.261 e. The first kappa shape index (κ1) is 16.7. The lowest BCUT2D eigenvalue weighted by Crippen LogP contribution is -2.40. The second kappa shape index (κ2) is 6.87. The number of hydrogen-bond acceptors (Lipinski definition) is 3. The van der Waals surface area contributed by atoms with Crippen LogP contribution in [-0.4, -0.2) is 34.1 Å². The van der Waals surface area contributed by atoms with Crippen LogP contribution in [0, 0.1) is 24.6 Å². The maximum Gasteiger partial charge on any atom is 0.261 e. The number of rotatable bonds is 4. The predicted molar refractivity (Wildman–Crippen MR) is 97.2 cm³/mol. The van der Waals surface area contributed by atoms with Crippen LogP contribution in [0.3, 0.4) is 0 Å². The Balaban J connectivity index is 1.46. The summed E-state index contributed by atoms with van der Waals surface area (Å²) in [5.74, 6) is 1.77. The summed E-state index contributed by atoms with van der Waals surface area (Å²) in [5.41, 5.74) is 0.411. The van der Waals surface area contributed by atoms with Crippen LogP contribution < -0.4 is 5.56 Å². The predicted octanol–water partition coefficient (Wildman–Crippen LogP) is 3.36. The minimum Gasteiger partial charge on any atom is -0.303 e. The summed E-state index contributed by atoms with van der Waals surface area (Å²) in [7, 11) is 0. The van der Waals surface area contributed by atoms with Crippen molar-refractivity contribution < 1.29 is 4.39 Å². The van der Waals surface area contributed by atoms with Crippen molar-refractivity contribution >= 4 is 10.9 Å². The van der Waals surface area contributed by atoms with Gasteiger partial charge in [0.2, 0.25) is 0 Å². The third-order valence-electron chi connectivity index (χ3n) is 6.00. The lowest BCUT2D eigenvalue weighted by molar-refractivity contribution is 0.125. The van der Waals surface area contributed by atoms with Crippen LogP contribution in [0.2, 0.25) is 0 Å². The fourth-order valence-electron chi connectivity index (χ4n) is 4.17. The first-order chi connectivity index (χ1) is 12.1. The highest BCUT2D eigenvalue weighted by atomic mass is 19.1. The molecule has 25 heavy (non-hydrogen) atoms. The van der Waals surface area contributed by atoms with Gasteiger partial charge < -0.3 is 4.90 Å². The van der Waals surface area contributed by atoms with Crippen LogP contribution in [-0.2, 0) is 6.54 Å². The molecule has 0 unspecified atom stereocenters. The van der Waals surface area contributed by atoms with Crippen molar-refractivity contribution in [2.24, 2.45) is 11.8 Å². The van der Waals surface area contributed by atoms with E-state index in [1.807, 2.05) is 6.92 Å². The van der Waals surface area contributed by atoms with Gasteiger partial charge in [-0.2, -0.15) is 0 Å². The Hall–Kier alpha value is -1.75. The molecule has 1 aliphatic heterocycles. The van der Waals surface area contributed by atoms with Gasteiger partial charge in [0.05, 0.1) is 10.9 Å². The SMILES string of the molecule is Cc1nc2cc(F)ccc2c(=O)n1CC1CCN(CC2CCC2)CC1. The number of aromatic nitrogens is 2. The Morgan fingerprint density at radius 3 is 2.52 bits per heavy atom. The van der Waals surface area contributed by atoms with Crippen molar-refractivity contribution in [3.63, 3.8) is 0 Å². The number of halogens is 1. The van der Waals surface area contributed by atoms with Gasteiger partial charge in [-0.3, -0.25) is 9.36 Å². The van der Waals surface area contributed by atoms with Crippen molar-refractivity contribution in [1.82, 2.24) is 14.5 Å². The highest BCUT2D eigenvalue weighted by molar-refractivity contribution is 5.77. The molecule has 2 aliphatic rings. The Labute approximate surface area is 147 Å². The number of fused-ring (bicyclic) bond motifs is 1. The second-order valence-electron chi connectivity index (χ2n) is 7.78. The number of benzene rings is 1. The Kier molecular flexibility index (Phi) is 4.59. The van der Waals surface area contributed by atoms with Gasteiger partial charge in [-0.1, -0.05) is 6.42 Å². The molecule has 0 amide bonds. The summed E-state index contributed by atoms with van der Waals surface area (Å²) < 4.78 is 15.2. The van der Waals surface area contributed by atoms with E-state index in [1.54, 1.807) is 10.6 Å². The first-order valence-corrected chi connectivity index (χ1v) is 9.49. The first-order valence-electron chi connectivity index (χ1n) is 9.49. The molecule has 1 aliphatic carbocycles. The highest BCUT2D eigenvalue weighted by Gasteiger charge is 2.25. The monoisotopic (exact) mass is 343 g/mol. The topological polar surface area (TPSA) is 38.1 Å². The molecule has 2 aromatic rings. The van der Waals surface area contributed by atoms with Crippen LogP contribution in [0.15, 0.2) is 23.0 Å². The van der Waals surface area contributed by atoms with E-state index in [0.29, 0.717) is 22.6 Å². The molecule has 1 aromatic heterocycles. The maximum atomic E-state index is 13.4. The molecule has 5 heteroatoms. The summed E-state index contributed by atoms with van der Waals surface area (Å²) in [6, 6.07) is 4.23. The van der Waals surface area contributed by atoms with E-state index < -0.39 is 0 Å². The van der Waals surface area contributed by atoms with Crippen LogP contribution >= 0.6 is 0 Å². The highest BCUT2D eigenvalue weighted by Crippen LogP contribution is 2.29. The lowest BCUT2D eigenvalue weighted by Gasteiger charge is -2.37. The molecule has 1 saturated carbocycles. The molecule has 0 atom stereocenters. The largest absolute Gasteiger partial charge is 0.303 e. The Morgan fingerprint density at radius 2 is 1.84 bits per heavy atom. The van der Waals surface area contributed by atoms with Crippen LogP contribution in [0.1, 0.15) is 37.9 Å². The number of likely N-dealkylation sites (tertiary alicyclic amines) is 1. The number of hydrogen-bond donors (Lipinski definition) is 0. The molecule has 2 fully saturated rings. The summed E-state index contributed by atoms with van der Waals surface area (Å²) >= 11 is 0. The van der Waals surface area contributed by atoms with E-state index >= 15 is 0 Å². The average molecular weight is 343 g/mol. The van der Waals surface area contributed by atoms with Gasteiger partial charge in [0.1, 0.15) is 11.6 Å². The van der Waals surface area contributed by atoms with Gasteiger partial charge in [0.25, 0.3) is 5.56 Å². The summed E-state index contributed by atoms with van der Waals surface area (Å²) in [6.45, 7) is 6.11. The van der Waals surface area contributed by atoms with E-state index in [1.165, 1.54) is 37.9 Å². The molecule has 0 N–H and O–H groups in total.